The van der Waals surface area contributed by atoms with Gasteiger partial charge in [-0.3, -0.25) is 4.79 Å². The molecule has 5 heteroatoms. The van der Waals surface area contributed by atoms with E-state index >= 15 is 0 Å². The Kier molecular flexibility index (Phi) is 6.10. The van der Waals surface area contributed by atoms with Crippen molar-refractivity contribution < 1.29 is 14.3 Å². The van der Waals surface area contributed by atoms with E-state index in [1.54, 1.807) is 12.1 Å². The molecule has 0 heterocycles. The van der Waals surface area contributed by atoms with E-state index in [2.05, 4.69) is 17.5 Å². The van der Waals surface area contributed by atoms with Crippen molar-refractivity contribution in [2.75, 3.05) is 18.5 Å². The molecule has 0 aliphatic heterocycles. The lowest BCUT2D eigenvalue weighted by atomic mass is 10.1. The Morgan fingerprint density at radius 1 is 1.08 bits per heavy atom. The number of nitrogens with one attached hydrogen (secondary N) is 1. The summed E-state index contributed by atoms with van der Waals surface area (Å²) < 4.78 is 11.2. The van der Waals surface area contributed by atoms with Gasteiger partial charge in [-0.2, -0.15) is 5.26 Å². The van der Waals surface area contributed by atoms with Crippen LogP contribution < -0.4 is 14.8 Å². The maximum Gasteiger partial charge on any atom is 0.262 e. The number of amides is 1. The van der Waals surface area contributed by atoms with E-state index in [0.717, 1.165) is 18.6 Å². The van der Waals surface area contributed by atoms with E-state index in [0.29, 0.717) is 30.9 Å². The van der Waals surface area contributed by atoms with Crippen molar-refractivity contribution in [1.82, 2.24) is 0 Å². The molecule has 0 aromatic heterocycles. The lowest BCUT2D eigenvalue weighted by Crippen LogP contribution is -2.20. The zero-order chi connectivity index (χ0) is 18.2. The van der Waals surface area contributed by atoms with Crippen molar-refractivity contribution in [3.05, 3.63) is 53.6 Å². The zero-order valence-corrected chi connectivity index (χ0v) is 14.7. The number of fused-ring (bicyclic) bond motifs is 1. The predicted molar refractivity (Wildman–Crippen MR) is 99.4 cm³/mol. The zero-order valence-electron chi connectivity index (χ0n) is 14.7. The Morgan fingerprint density at radius 3 is 2.81 bits per heavy atom. The SMILES string of the molecule is N#CCCCOc1cccc(NC(=O)COc2ccc3c(c2)CCC3)c1. The second kappa shape index (κ2) is 8.91. The summed E-state index contributed by atoms with van der Waals surface area (Å²) in [5.41, 5.74) is 3.36. The van der Waals surface area contributed by atoms with Crippen molar-refractivity contribution in [2.24, 2.45) is 0 Å². The first kappa shape index (κ1) is 17.8. The van der Waals surface area contributed by atoms with Gasteiger partial charge in [-0.1, -0.05) is 12.1 Å². The molecule has 3 rings (SSSR count). The number of nitriles is 1. The van der Waals surface area contributed by atoms with Gasteiger partial charge < -0.3 is 14.8 Å². The molecule has 0 bridgehead atoms. The molecule has 2 aromatic rings. The molecular weight excluding hydrogens is 328 g/mol. The summed E-state index contributed by atoms with van der Waals surface area (Å²) in [6.45, 7) is 0.443. The van der Waals surface area contributed by atoms with Crippen LogP contribution in [0.15, 0.2) is 42.5 Å². The highest BCUT2D eigenvalue weighted by Gasteiger charge is 2.12. The Balaban J connectivity index is 1.48. The third-order valence-electron chi connectivity index (χ3n) is 4.26. The summed E-state index contributed by atoms with van der Waals surface area (Å²) in [4.78, 5) is 12.1. The van der Waals surface area contributed by atoms with Crippen LogP contribution in [0.25, 0.3) is 0 Å². The molecule has 1 amide bonds. The van der Waals surface area contributed by atoms with Gasteiger partial charge in [0.25, 0.3) is 5.91 Å². The number of hydrogen-bond donors (Lipinski definition) is 1. The number of rotatable bonds is 8. The Hall–Kier alpha value is -3.00. The minimum Gasteiger partial charge on any atom is -0.493 e. The van der Waals surface area contributed by atoms with Crippen LogP contribution in [0.3, 0.4) is 0 Å². The van der Waals surface area contributed by atoms with Gasteiger partial charge in [0, 0.05) is 18.2 Å². The standard InChI is InChI=1S/C21H22N2O3/c22-11-1-2-12-25-19-8-4-7-18(14-19)23-21(24)15-26-20-10-9-16-5-3-6-17(16)13-20/h4,7-10,13-14H,1-3,5-6,12,15H2,(H,23,24). The fraction of sp³-hybridized carbons (Fsp3) is 0.333. The molecule has 5 nitrogen and oxygen atoms in total. The highest BCUT2D eigenvalue weighted by atomic mass is 16.5. The molecule has 2 aromatic carbocycles. The summed E-state index contributed by atoms with van der Waals surface area (Å²) in [6, 6.07) is 15.3. The lowest BCUT2D eigenvalue weighted by Gasteiger charge is -2.10. The summed E-state index contributed by atoms with van der Waals surface area (Å²) in [7, 11) is 0. The third kappa shape index (κ3) is 5.00. The highest BCUT2D eigenvalue weighted by molar-refractivity contribution is 5.92. The molecule has 1 aliphatic carbocycles. The maximum absolute atomic E-state index is 12.1. The van der Waals surface area contributed by atoms with Crippen LogP contribution in [0.2, 0.25) is 0 Å². The molecule has 26 heavy (non-hydrogen) atoms. The average molecular weight is 350 g/mol. The molecule has 1 N–H and O–H groups in total. The van der Waals surface area contributed by atoms with Gasteiger partial charge in [0.1, 0.15) is 11.5 Å². The van der Waals surface area contributed by atoms with E-state index in [-0.39, 0.29) is 12.5 Å². The first-order valence-electron chi connectivity index (χ1n) is 8.89. The molecule has 0 unspecified atom stereocenters. The van der Waals surface area contributed by atoms with E-state index in [1.807, 2.05) is 24.3 Å². The van der Waals surface area contributed by atoms with Crippen LogP contribution in [0, 0.1) is 11.3 Å². The molecule has 0 saturated heterocycles. The summed E-state index contributed by atoms with van der Waals surface area (Å²) in [6.07, 6.45) is 4.55. The molecule has 0 fully saturated rings. The highest BCUT2D eigenvalue weighted by Crippen LogP contribution is 2.26. The topological polar surface area (TPSA) is 71.3 Å². The van der Waals surface area contributed by atoms with Crippen LogP contribution in [-0.2, 0) is 17.6 Å². The number of benzene rings is 2. The Morgan fingerprint density at radius 2 is 1.92 bits per heavy atom. The molecule has 0 spiro atoms. The monoisotopic (exact) mass is 350 g/mol. The van der Waals surface area contributed by atoms with Crippen LogP contribution >= 0.6 is 0 Å². The summed E-state index contributed by atoms with van der Waals surface area (Å²) >= 11 is 0. The average Bonchev–Trinajstić information content (AvgIpc) is 3.12. The van der Waals surface area contributed by atoms with Gasteiger partial charge in [0.15, 0.2) is 6.61 Å². The Labute approximate surface area is 153 Å². The van der Waals surface area contributed by atoms with E-state index < -0.39 is 0 Å². The van der Waals surface area contributed by atoms with E-state index in [9.17, 15) is 4.79 Å². The second-order valence-electron chi connectivity index (χ2n) is 6.26. The van der Waals surface area contributed by atoms with Crippen LogP contribution in [0.5, 0.6) is 11.5 Å². The fourth-order valence-corrected chi connectivity index (χ4v) is 2.99. The van der Waals surface area contributed by atoms with E-state index in [4.69, 9.17) is 14.7 Å². The van der Waals surface area contributed by atoms with Crippen molar-refractivity contribution in [3.63, 3.8) is 0 Å². The summed E-state index contributed by atoms with van der Waals surface area (Å²) in [5, 5.41) is 11.3. The van der Waals surface area contributed by atoms with Gasteiger partial charge in [0.05, 0.1) is 12.7 Å². The minimum atomic E-state index is -0.216. The van der Waals surface area contributed by atoms with Crippen molar-refractivity contribution in [3.8, 4) is 17.6 Å². The second-order valence-corrected chi connectivity index (χ2v) is 6.26. The molecule has 0 atom stereocenters. The van der Waals surface area contributed by atoms with Gasteiger partial charge in [-0.25, -0.2) is 0 Å². The van der Waals surface area contributed by atoms with E-state index in [1.165, 1.54) is 17.5 Å². The van der Waals surface area contributed by atoms with Gasteiger partial charge >= 0.3 is 0 Å². The van der Waals surface area contributed by atoms with Crippen molar-refractivity contribution >= 4 is 11.6 Å². The van der Waals surface area contributed by atoms with Crippen LogP contribution in [0.1, 0.15) is 30.4 Å². The molecule has 0 saturated carbocycles. The first-order chi connectivity index (χ1) is 12.7. The fourth-order valence-electron chi connectivity index (χ4n) is 2.99. The van der Waals surface area contributed by atoms with Crippen molar-refractivity contribution in [1.29, 1.82) is 5.26 Å². The summed E-state index contributed by atoms with van der Waals surface area (Å²) in [5.74, 6) is 1.18. The number of hydrogen-bond acceptors (Lipinski definition) is 4. The number of unbranched alkanes of at least 4 members (excludes halogenated alkanes) is 1. The third-order valence-corrected chi connectivity index (χ3v) is 4.26. The van der Waals surface area contributed by atoms with Gasteiger partial charge in [0.2, 0.25) is 0 Å². The Bertz CT molecular complexity index is 811. The number of ether oxygens (including phenoxy) is 2. The van der Waals surface area contributed by atoms with Crippen LogP contribution in [-0.4, -0.2) is 19.1 Å². The molecule has 134 valence electrons. The molecule has 1 aliphatic rings. The van der Waals surface area contributed by atoms with Crippen LogP contribution in [0.4, 0.5) is 5.69 Å². The largest absolute Gasteiger partial charge is 0.493 e. The quantitative estimate of drug-likeness (QED) is 0.734. The normalized spacial score (nSPS) is 12.1. The maximum atomic E-state index is 12.1. The minimum absolute atomic E-state index is 0.0357. The molecule has 0 radical (unpaired) electrons. The van der Waals surface area contributed by atoms with Gasteiger partial charge in [-0.05, 0) is 61.1 Å². The number of nitrogens with zero attached hydrogens (tertiary/aromatic N) is 1. The lowest BCUT2D eigenvalue weighted by molar-refractivity contribution is -0.118. The predicted octanol–water partition coefficient (Wildman–Crippen LogP) is 3.88. The smallest absolute Gasteiger partial charge is 0.262 e. The number of aryl methyl sites for hydroxylation is 2. The number of carbonyl (C=O) groups is 1. The first-order valence-corrected chi connectivity index (χ1v) is 8.89. The van der Waals surface area contributed by atoms with Gasteiger partial charge in [-0.15, -0.1) is 0 Å². The number of anilines is 1. The molecular formula is C21H22N2O3. The number of carbonyl (C=O) groups excluding carboxylic acids is 1. The van der Waals surface area contributed by atoms with Crippen molar-refractivity contribution in [2.45, 2.75) is 32.1 Å².